The number of aromatic nitrogens is 2. The lowest BCUT2D eigenvalue weighted by Gasteiger charge is -2.22. The molecule has 30 heavy (non-hydrogen) atoms. The molecule has 0 spiro atoms. The summed E-state index contributed by atoms with van der Waals surface area (Å²) in [6.07, 6.45) is 8.76. The third-order valence-corrected chi connectivity index (χ3v) is 5.50. The van der Waals surface area contributed by atoms with Crippen molar-refractivity contribution in [2.45, 2.75) is 32.3 Å². The molecule has 0 aliphatic carbocycles. The second-order valence-corrected chi connectivity index (χ2v) is 7.67. The highest BCUT2D eigenvalue weighted by Crippen LogP contribution is 2.22. The van der Waals surface area contributed by atoms with Gasteiger partial charge in [0.1, 0.15) is 18.2 Å². The number of rotatable bonds is 6. The summed E-state index contributed by atoms with van der Waals surface area (Å²) in [5.41, 5.74) is 2.62. The van der Waals surface area contributed by atoms with Gasteiger partial charge in [-0.05, 0) is 61.4 Å². The molecule has 0 saturated carbocycles. The van der Waals surface area contributed by atoms with Crippen LogP contribution in [0.25, 0.3) is 0 Å². The maximum absolute atomic E-state index is 12.6. The fourth-order valence-corrected chi connectivity index (χ4v) is 3.67. The van der Waals surface area contributed by atoms with Crippen LogP contribution in [-0.2, 0) is 13.7 Å². The van der Waals surface area contributed by atoms with Gasteiger partial charge in [-0.1, -0.05) is 12.8 Å². The lowest BCUT2D eigenvalue weighted by molar-refractivity contribution is 0.102. The quantitative estimate of drug-likeness (QED) is 0.651. The third-order valence-electron chi connectivity index (χ3n) is 5.50. The molecule has 4 rings (SSSR count). The minimum atomic E-state index is -0.131. The van der Waals surface area contributed by atoms with Crippen LogP contribution in [0.3, 0.4) is 0 Å². The Kier molecular flexibility index (Phi) is 6.32. The number of nitrogens with one attached hydrogen (secondary N) is 1. The smallest absolute Gasteiger partial charge is 0.255 e. The number of aryl methyl sites for hydroxylation is 1. The zero-order chi connectivity index (χ0) is 20.8. The van der Waals surface area contributed by atoms with E-state index in [1.54, 1.807) is 30.5 Å². The number of imidazole rings is 1. The summed E-state index contributed by atoms with van der Waals surface area (Å²) in [4.78, 5) is 19.2. The first kappa shape index (κ1) is 20.0. The zero-order valence-corrected chi connectivity index (χ0v) is 17.4. The molecule has 3 aromatic rings. The number of benzene rings is 2. The van der Waals surface area contributed by atoms with Crippen molar-refractivity contribution in [1.29, 1.82) is 0 Å². The summed E-state index contributed by atoms with van der Waals surface area (Å²) in [5.74, 6) is 1.42. The number of carbonyl (C=O) groups excluding carboxylic acids is 1. The second-order valence-electron chi connectivity index (χ2n) is 7.67. The maximum Gasteiger partial charge on any atom is 0.255 e. The predicted molar refractivity (Wildman–Crippen MR) is 119 cm³/mol. The first-order valence-corrected chi connectivity index (χ1v) is 10.5. The van der Waals surface area contributed by atoms with E-state index in [2.05, 4.69) is 27.3 Å². The highest BCUT2D eigenvalue weighted by atomic mass is 16.5. The molecule has 2 aromatic carbocycles. The van der Waals surface area contributed by atoms with Crippen molar-refractivity contribution < 1.29 is 9.53 Å². The molecular formula is C24H28N4O2. The third kappa shape index (κ3) is 5.00. The van der Waals surface area contributed by atoms with Crippen LogP contribution in [0.1, 0.15) is 41.9 Å². The SMILES string of the molecule is Cn1ccnc1COc1ccc(C(=O)Nc2ccc(N3CCCCCC3)cc2)cc1. The molecule has 1 saturated heterocycles. The number of amides is 1. The molecule has 0 atom stereocenters. The number of nitrogens with zero attached hydrogens (tertiary/aromatic N) is 3. The maximum atomic E-state index is 12.6. The van der Waals surface area contributed by atoms with Crippen LogP contribution < -0.4 is 15.0 Å². The molecule has 0 bridgehead atoms. The summed E-state index contributed by atoms with van der Waals surface area (Å²) in [7, 11) is 1.93. The van der Waals surface area contributed by atoms with E-state index < -0.39 is 0 Å². The molecule has 1 aliphatic rings. The van der Waals surface area contributed by atoms with E-state index in [9.17, 15) is 4.79 Å². The summed E-state index contributed by atoms with van der Waals surface area (Å²) < 4.78 is 7.66. The van der Waals surface area contributed by atoms with Gasteiger partial charge in [0, 0.05) is 49.5 Å². The molecule has 0 unspecified atom stereocenters. The van der Waals surface area contributed by atoms with Crippen LogP contribution in [0.5, 0.6) is 5.75 Å². The molecule has 2 heterocycles. The molecule has 1 amide bonds. The normalized spacial score (nSPS) is 14.2. The van der Waals surface area contributed by atoms with Crippen LogP contribution in [0.2, 0.25) is 0 Å². The number of carbonyl (C=O) groups is 1. The predicted octanol–water partition coefficient (Wildman–Crippen LogP) is 4.63. The monoisotopic (exact) mass is 404 g/mol. The van der Waals surface area contributed by atoms with Crippen LogP contribution in [0.4, 0.5) is 11.4 Å². The Labute approximate surface area is 177 Å². The molecule has 6 nitrogen and oxygen atoms in total. The van der Waals surface area contributed by atoms with Gasteiger partial charge in [-0.15, -0.1) is 0 Å². The summed E-state index contributed by atoms with van der Waals surface area (Å²) in [6.45, 7) is 2.61. The molecule has 1 fully saturated rings. The van der Waals surface area contributed by atoms with E-state index in [-0.39, 0.29) is 5.91 Å². The lowest BCUT2D eigenvalue weighted by atomic mass is 10.2. The topological polar surface area (TPSA) is 59.4 Å². The number of hydrogen-bond acceptors (Lipinski definition) is 4. The number of hydrogen-bond donors (Lipinski definition) is 1. The molecule has 1 aliphatic heterocycles. The molecule has 1 N–H and O–H groups in total. The van der Waals surface area contributed by atoms with Gasteiger partial charge in [0.05, 0.1) is 0 Å². The summed E-state index contributed by atoms with van der Waals surface area (Å²) in [5, 5.41) is 2.97. The van der Waals surface area contributed by atoms with Crippen molar-refractivity contribution in [1.82, 2.24) is 9.55 Å². The molecule has 6 heteroatoms. The van der Waals surface area contributed by atoms with Crippen LogP contribution in [-0.4, -0.2) is 28.5 Å². The Morgan fingerprint density at radius 2 is 1.70 bits per heavy atom. The van der Waals surface area contributed by atoms with Crippen LogP contribution >= 0.6 is 0 Å². The van der Waals surface area contributed by atoms with E-state index in [1.807, 2.05) is 29.9 Å². The average Bonchev–Trinajstić information content (AvgIpc) is 3.01. The van der Waals surface area contributed by atoms with Crippen molar-refractivity contribution in [3.63, 3.8) is 0 Å². The van der Waals surface area contributed by atoms with Crippen molar-refractivity contribution in [2.75, 3.05) is 23.3 Å². The Morgan fingerprint density at radius 3 is 2.33 bits per heavy atom. The van der Waals surface area contributed by atoms with E-state index >= 15 is 0 Å². The fourth-order valence-electron chi connectivity index (χ4n) is 3.67. The summed E-state index contributed by atoms with van der Waals surface area (Å²) >= 11 is 0. The van der Waals surface area contributed by atoms with Crippen molar-refractivity contribution >= 4 is 17.3 Å². The zero-order valence-electron chi connectivity index (χ0n) is 17.4. The molecule has 156 valence electrons. The first-order valence-electron chi connectivity index (χ1n) is 10.5. The first-order chi connectivity index (χ1) is 14.7. The fraction of sp³-hybridized carbons (Fsp3) is 0.333. The van der Waals surface area contributed by atoms with Crippen LogP contribution in [0, 0.1) is 0 Å². The van der Waals surface area contributed by atoms with Gasteiger partial charge >= 0.3 is 0 Å². The van der Waals surface area contributed by atoms with E-state index in [0.29, 0.717) is 17.9 Å². The molecule has 1 aromatic heterocycles. The highest BCUT2D eigenvalue weighted by molar-refractivity contribution is 6.04. The minimum Gasteiger partial charge on any atom is -0.486 e. The lowest BCUT2D eigenvalue weighted by Crippen LogP contribution is -2.23. The van der Waals surface area contributed by atoms with Crippen molar-refractivity contribution in [3.8, 4) is 5.75 Å². The van der Waals surface area contributed by atoms with E-state index in [0.717, 1.165) is 24.6 Å². The minimum absolute atomic E-state index is 0.131. The van der Waals surface area contributed by atoms with Crippen LogP contribution in [0.15, 0.2) is 60.9 Å². The Hall–Kier alpha value is -3.28. The van der Waals surface area contributed by atoms with Gasteiger partial charge in [-0.2, -0.15) is 0 Å². The number of anilines is 2. The average molecular weight is 405 g/mol. The van der Waals surface area contributed by atoms with Gasteiger partial charge in [0.25, 0.3) is 5.91 Å². The number of ether oxygens (including phenoxy) is 1. The van der Waals surface area contributed by atoms with Gasteiger partial charge < -0.3 is 19.5 Å². The van der Waals surface area contributed by atoms with Gasteiger partial charge in [0.15, 0.2) is 0 Å². The highest BCUT2D eigenvalue weighted by Gasteiger charge is 2.11. The Bertz CT molecular complexity index is 956. The van der Waals surface area contributed by atoms with Crippen molar-refractivity contribution in [2.24, 2.45) is 7.05 Å². The van der Waals surface area contributed by atoms with E-state index in [1.165, 1.54) is 31.4 Å². The van der Waals surface area contributed by atoms with Gasteiger partial charge in [0.2, 0.25) is 0 Å². The molecule has 0 radical (unpaired) electrons. The Balaban J connectivity index is 1.32. The molecular weight excluding hydrogens is 376 g/mol. The summed E-state index contributed by atoms with van der Waals surface area (Å²) in [6, 6.07) is 15.3. The second kappa shape index (κ2) is 9.48. The van der Waals surface area contributed by atoms with Gasteiger partial charge in [-0.25, -0.2) is 4.98 Å². The largest absolute Gasteiger partial charge is 0.486 e. The van der Waals surface area contributed by atoms with E-state index in [4.69, 9.17) is 4.74 Å². The van der Waals surface area contributed by atoms with Crippen molar-refractivity contribution in [3.05, 3.63) is 72.3 Å². The Morgan fingerprint density at radius 1 is 1.00 bits per heavy atom. The van der Waals surface area contributed by atoms with Gasteiger partial charge in [-0.3, -0.25) is 4.79 Å². The standard InChI is InChI=1S/C24H28N4O2/c1-27-17-14-25-23(27)18-30-22-12-6-19(7-13-22)24(29)26-20-8-10-21(11-9-20)28-15-4-2-3-5-16-28/h6-14,17H,2-5,15-16,18H2,1H3,(H,26,29).